The summed E-state index contributed by atoms with van der Waals surface area (Å²) in [6, 6.07) is 0. The standard InChI is InChI=1S/C54H86O6/c1-34(14-11-27-50(5,6)58)44-22-24-47-39(16-13-28-52(44,47)9)19-21-41-31-43(56)33-54(60,37(41)4)48-32-42(55)30-40(36(48)3)20-18-38-15-12-29-53(10)45(23-25-46(38)53)35(2)17-26-49(57)51(7,8)59/h18-21,34-35,42-49,55-60H,3-4,11-17,22-33H2,1-2,5-10H3/b38-18-,39-19+,40-20-,41-21-/t34-,35-,42-,43-,44-,45-,46?,47?,48?,49?,52-,53-,54?/m1/s1. The summed E-state index contributed by atoms with van der Waals surface area (Å²) in [6.07, 6.45) is 24.8. The van der Waals surface area contributed by atoms with Crippen LogP contribution in [-0.4, -0.2) is 65.8 Å². The lowest BCUT2D eigenvalue weighted by atomic mass is 9.60. The number of hydrogen-bond donors (Lipinski definition) is 6. The van der Waals surface area contributed by atoms with Crippen molar-refractivity contribution in [1.82, 2.24) is 0 Å². The molecule has 0 radical (unpaired) electrons. The van der Waals surface area contributed by atoms with Gasteiger partial charge in [0.05, 0.1) is 35.1 Å². The van der Waals surface area contributed by atoms with Crippen LogP contribution < -0.4 is 0 Å². The molecule has 6 N–H and O–H groups in total. The van der Waals surface area contributed by atoms with E-state index in [4.69, 9.17) is 0 Å². The van der Waals surface area contributed by atoms with E-state index in [2.05, 4.69) is 65.2 Å². The van der Waals surface area contributed by atoms with Crippen molar-refractivity contribution in [2.24, 2.45) is 52.3 Å². The first-order valence-corrected chi connectivity index (χ1v) is 24.4. The molecular weight excluding hydrogens is 745 g/mol. The van der Waals surface area contributed by atoms with E-state index in [0.717, 1.165) is 68.1 Å². The Morgan fingerprint density at radius 3 is 1.77 bits per heavy atom. The molecule has 13 atom stereocenters. The molecule has 0 bridgehead atoms. The molecule has 6 aliphatic rings. The zero-order valence-corrected chi connectivity index (χ0v) is 39.1. The van der Waals surface area contributed by atoms with Gasteiger partial charge >= 0.3 is 0 Å². The first-order valence-electron chi connectivity index (χ1n) is 24.4. The molecule has 0 aromatic carbocycles. The van der Waals surface area contributed by atoms with Gasteiger partial charge in [0.1, 0.15) is 0 Å². The molecule has 0 heterocycles. The van der Waals surface area contributed by atoms with Crippen LogP contribution in [0.15, 0.2) is 70.9 Å². The van der Waals surface area contributed by atoms with Gasteiger partial charge in [0.2, 0.25) is 0 Å². The molecule has 0 amide bonds. The molecule has 6 aliphatic carbocycles. The fraction of sp³-hybridized carbons (Fsp3) is 0.778. The number of aliphatic hydroxyl groups excluding tert-OH is 3. The molecule has 6 saturated carbocycles. The second-order valence-electron chi connectivity index (χ2n) is 23.1. The molecule has 0 aromatic heterocycles. The van der Waals surface area contributed by atoms with Gasteiger partial charge in [-0.1, -0.05) is 89.1 Å². The highest BCUT2D eigenvalue weighted by Gasteiger charge is 2.53. The number of hydrogen-bond acceptors (Lipinski definition) is 6. The van der Waals surface area contributed by atoms with Crippen LogP contribution in [0, 0.1) is 52.3 Å². The van der Waals surface area contributed by atoms with Gasteiger partial charge in [0.25, 0.3) is 0 Å². The largest absolute Gasteiger partial charge is 0.393 e. The smallest absolute Gasteiger partial charge is 0.0987 e. The third kappa shape index (κ3) is 9.95. The van der Waals surface area contributed by atoms with Crippen LogP contribution in [0.5, 0.6) is 0 Å². The lowest BCUT2D eigenvalue weighted by molar-refractivity contribution is -0.0554. The van der Waals surface area contributed by atoms with E-state index >= 15 is 0 Å². The SMILES string of the molecule is C=C1/C(=C\C=C2\CCC[C@@]3(C)C2CC[C@@H]3[C@H](C)CCC(O)C(C)(C)O)C[C@@H](O)CC1C1(O)C[C@H](O)C/C(=C/C=C2\CCC[C@@]3(C)C2CC[C@@H]3[C@H](C)CCCC(C)(C)O)C1=C. The topological polar surface area (TPSA) is 121 Å². The molecule has 0 saturated heterocycles. The van der Waals surface area contributed by atoms with Crippen LogP contribution in [0.3, 0.4) is 0 Å². The van der Waals surface area contributed by atoms with E-state index < -0.39 is 41.0 Å². The van der Waals surface area contributed by atoms with E-state index in [-0.39, 0.29) is 17.3 Å². The maximum absolute atomic E-state index is 12.7. The van der Waals surface area contributed by atoms with E-state index in [1.807, 2.05) is 13.8 Å². The Morgan fingerprint density at radius 2 is 1.23 bits per heavy atom. The Kier molecular flexibility index (Phi) is 14.6. The molecule has 6 heteroatoms. The average Bonchev–Trinajstić information content (AvgIpc) is 3.71. The lowest BCUT2D eigenvalue weighted by Gasteiger charge is -2.47. The molecule has 0 aliphatic heterocycles. The lowest BCUT2D eigenvalue weighted by Crippen LogP contribution is -2.49. The van der Waals surface area contributed by atoms with Crippen molar-refractivity contribution < 1.29 is 30.6 Å². The van der Waals surface area contributed by atoms with E-state index in [1.165, 1.54) is 49.7 Å². The molecule has 0 aromatic rings. The minimum Gasteiger partial charge on any atom is -0.393 e. The Labute approximate surface area is 365 Å². The highest BCUT2D eigenvalue weighted by molar-refractivity contribution is 5.48. The summed E-state index contributed by atoms with van der Waals surface area (Å²) < 4.78 is 0. The third-order valence-corrected chi connectivity index (χ3v) is 17.9. The van der Waals surface area contributed by atoms with Gasteiger partial charge in [-0.3, -0.25) is 0 Å². The van der Waals surface area contributed by atoms with Crippen molar-refractivity contribution >= 4 is 0 Å². The summed E-state index contributed by atoms with van der Waals surface area (Å²) in [5.74, 6) is 2.94. The van der Waals surface area contributed by atoms with Crippen molar-refractivity contribution in [3.05, 3.63) is 70.9 Å². The fourth-order valence-electron chi connectivity index (χ4n) is 14.4. The van der Waals surface area contributed by atoms with Gasteiger partial charge in [-0.25, -0.2) is 0 Å². The van der Waals surface area contributed by atoms with E-state index in [0.29, 0.717) is 66.8 Å². The summed E-state index contributed by atoms with van der Waals surface area (Å²) in [5, 5.41) is 66.5. The maximum Gasteiger partial charge on any atom is 0.0987 e. The zero-order valence-electron chi connectivity index (χ0n) is 39.1. The van der Waals surface area contributed by atoms with Crippen molar-refractivity contribution in [2.45, 2.75) is 213 Å². The summed E-state index contributed by atoms with van der Waals surface area (Å²) in [5.41, 5.74) is 3.77. The number of allylic oxidation sites excluding steroid dienone is 6. The molecule has 60 heavy (non-hydrogen) atoms. The van der Waals surface area contributed by atoms with Crippen molar-refractivity contribution in [3.8, 4) is 0 Å². The summed E-state index contributed by atoms with van der Waals surface area (Å²) in [7, 11) is 0. The number of rotatable bonds is 13. The molecular formula is C54H86O6. The normalized spacial score (nSPS) is 40.9. The van der Waals surface area contributed by atoms with Gasteiger partial charge in [-0.05, 0) is 199 Å². The number of fused-ring (bicyclic) bond motifs is 2. The van der Waals surface area contributed by atoms with Crippen LogP contribution in [0.2, 0.25) is 0 Å². The molecule has 0 spiro atoms. The third-order valence-electron chi connectivity index (χ3n) is 17.9. The Bertz CT molecular complexity index is 1680. The molecule has 6 fully saturated rings. The van der Waals surface area contributed by atoms with Crippen molar-refractivity contribution in [3.63, 3.8) is 0 Å². The average molecular weight is 831 g/mol. The zero-order chi connectivity index (χ0) is 44.0. The fourth-order valence-corrected chi connectivity index (χ4v) is 14.4. The van der Waals surface area contributed by atoms with Gasteiger partial charge in [-0.15, -0.1) is 0 Å². The van der Waals surface area contributed by atoms with Crippen LogP contribution >= 0.6 is 0 Å². The first-order chi connectivity index (χ1) is 28.0. The van der Waals surface area contributed by atoms with Gasteiger partial charge < -0.3 is 30.6 Å². The summed E-state index contributed by atoms with van der Waals surface area (Å²) in [6.45, 7) is 26.1. The van der Waals surface area contributed by atoms with E-state index in [9.17, 15) is 30.6 Å². The first kappa shape index (κ1) is 47.7. The second-order valence-corrected chi connectivity index (χ2v) is 23.1. The second kappa shape index (κ2) is 18.4. The van der Waals surface area contributed by atoms with Crippen LogP contribution in [0.4, 0.5) is 0 Å². The molecule has 5 unspecified atom stereocenters. The molecule has 6 nitrogen and oxygen atoms in total. The number of aliphatic hydroxyl groups is 6. The Balaban J connectivity index is 1.16. The highest BCUT2D eigenvalue weighted by atomic mass is 16.3. The van der Waals surface area contributed by atoms with Crippen LogP contribution in [-0.2, 0) is 0 Å². The Morgan fingerprint density at radius 1 is 0.717 bits per heavy atom. The molecule has 338 valence electrons. The van der Waals surface area contributed by atoms with Gasteiger partial charge in [0.15, 0.2) is 0 Å². The Hall–Kier alpha value is -1.80. The summed E-state index contributed by atoms with van der Waals surface area (Å²) in [4.78, 5) is 0. The van der Waals surface area contributed by atoms with Crippen molar-refractivity contribution in [2.75, 3.05) is 0 Å². The minimum atomic E-state index is -1.40. The highest BCUT2D eigenvalue weighted by Crippen LogP contribution is 2.61. The summed E-state index contributed by atoms with van der Waals surface area (Å²) >= 11 is 0. The van der Waals surface area contributed by atoms with Gasteiger partial charge in [-0.2, -0.15) is 0 Å². The monoisotopic (exact) mass is 831 g/mol. The quantitative estimate of drug-likeness (QED) is 0.110. The predicted molar refractivity (Wildman–Crippen MR) is 246 cm³/mol. The predicted octanol–water partition coefficient (Wildman–Crippen LogP) is 11.0. The van der Waals surface area contributed by atoms with Crippen LogP contribution in [0.1, 0.15) is 177 Å². The maximum atomic E-state index is 12.7. The molecule has 6 rings (SSSR count). The van der Waals surface area contributed by atoms with Crippen molar-refractivity contribution in [1.29, 1.82) is 0 Å². The van der Waals surface area contributed by atoms with Crippen LogP contribution in [0.25, 0.3) is 0 Å². The van der Waals surface area contributed by atoms with Gasteiger partial charge in [0, 0.05) is 12.3 Å². The minimum absolute atomic E-state index is 0.186. The van der Waals surface area contributed by atoms with E-state index in [1.54, 1.807) is 13.8 Å².